The SMILES string of the molecule is C=CCOC(=O)[C@H]1[C@H]2C(=O)N([C@@H](CC)CO)C(C(=O)N(CC=C)c3ccc(OC)cc3)C23CC(C)[C@]1(C)O3. The molecule has 4 rings (SSSR count). The summed E-state index contributed by atoms with van der Waals surface area (Å²) in [4.78, 5) is 45.1. The number of likely N-dealkylation sites (tertiary alicyclic amines) is 1. The molecule has 3 saturated heterocycles. The Morgan fingerprint density at radius 3 is 2.53 bits per heavy atom. The number of carbonyl (C=O) groups is 3. The number of methoxy groups -OCH3 is 1. The average Bonchev–Trinajstić information content (AvgIpc) is 3.43. The fraction of sp³-hybridized carbons (Fsp3) is 0.552. The lowest BCUT2D eigenvalue weighted by atomic mass is 9.62. The molecule has 2 amide bonds. The predicted octanol–water partition coefficient (Wildman–Crippen LogP) is 2.72. The Balaban J connectivity index is 1.84. The summed E-state index contributed by atoms with van der Waals surface area (Å²) >= 11 is 0. The molecule has 1 N–H and O–H groups in total. The van der Waals surface area contributed by atoms with Crippen LogP contribution < -0.4 is 9.64 Å². The molecular weight excluding hydrogens is 488 g/mol. The van der Waals surface area contributed by atoms with Gasteiger partial charge < -0.3 is 29.1 Å². The first kappa shape index (κ1) is 27.9. The number of fused-ring (bicyclic) bond motifs is 1. The molecule has 0 aromatic heterocycles. The number of aliphatic hydroxyl groups excluding tert-OH is 1. The van der Waals surface area contributed by atoms with E-state index in [4.69, 9.17) is 14.2 Å². The van der Waals surface area contributed by atoms with Crippen LogP contribution in [-0.4, -0.2) is 77.9 Å². The summed E-state index contributed by atoms with van der Waals surface area (Å²) in [5.74, 6) is -2.53. The largest absolute Gasteiger partial charge is 0.497 e. The summed E-state index contributed by atoms with van der Waals surface area (Å²) in [5, 5.41) is 10.3. The van der Waals surface area contributed by atoms with Gasteiger partial charge in [0.05, 0.1) is 31.3 Å². The Hall–Kier alpha value is -3.17. The predicted molar refractivity (Wildman–Crippen MR) is 141 cm³/mol. The number of rotatable bonds is 11. The summed E-state index contributed by atoms with van der Waals surface area (Å²) < 4.78 is 17.4. The molecule has 0 radical (unpaired) electrons. The normalized spacial score (nSPS) is 32.0. The van der Waals surface area contributed by atoms with Crippen molar-refractivity contribution in [1.82, 2.24) is 4.90 Å². The number of carbonyl (C=O) groups excluding carboxylic acids is 3. The zero-order chi connectivity index (χ0) is 27.8. The molecule has 3 aliphatic rings. The van der Waals surface area contributed by atoms with Gasteiger partial charge in [0.1, 0.15) is 29.9 Å². The highest BCUT2D eigenvalue weighted by molar-refractivity contribution is 6.05. The van der Waals surface area contributed by atoms with Crippen LogP contribution >= 0.6 is 0 Å². The molecule has 2 bridgehead atoms. The number of amides is 2. The molecule has 3 aliphatic heterocycles. The lowest BCUT2D eigenvalue weighted by Gasteiger charge is -2.39. The van der Waals surface area contributed by atoms with Crippen molar-refractivity contribution in [3.8, 4) is 5.75 Å². The molecular formula is C29H38N2O7. The topological polar surface area (TPSA) is 106 Å². The van der Waals surface area contributed by atoms with Crippen molar-refractivity contribution < 1.29 is 33.7 Å². The van der Waals surface area contributed by atoms with E-state index < -0.39 is 41.1 Å². The first-order valence-electron chi connectivity index (χ1n) is 13.1. The molecule has 3 fully saturated rings. The molecule has 1 spiro atoms. The van der Waals surface area contributed by atoms with Crippen LogP contribution in [0.3, 0.4) is 0 Å². The Labute approximate surface area is 224 Å². The van der Waals surface area contributed by atoms with E-state index in [0.29, 0.717) is 24.3 Å². The third-order valence-corrected chi connectivity index (χ3v) is 8.62. The van der Waals surface area contributed by atoms with E-state index in [1.165, 1.54) is 11.0 Å². The van der Waals surface area contributed by atoms with Crippen LogP contribution in [0.15, 0.2) is 49.6 Å². The minimum absolute atomic E-state index is 0.0125. The minimum Gasteiger partial charge on any atom is -0.497 e. The van der Waals surface area contributed by atoms with Gasteiger partial charge in [0.15, 0.2) is 0 Å². The molecule has 1 aromatic carbocycles. The Morgan fingerprint density at radius 1 is 1.29 bits per heavy atom. The van der Waals surface area contributed by atoms with Crippen molar-refractivity contribution in [2.45, 2.75) is 56.9 Å². The van der Waals surface area contributed by atoms with Crippen molar-refractivity contribution in [2.24, 2.45) is 17.8 Å². The first-order valence-corrected chi connectivity index (χ1v) is 13.1. The van der Waals surface area contributed by atoms with Crippen LogP contribution in [0.4, 0.5) is 5.69 Å². The number of ether oxygens (including phenoxy) is 3. The van der Waals surface area contributed by atoms with E-state index in [1.807, 2.05) is 20.8 Å². The summed E-state index contributed by atoms with van der Waals surface area (Å²) in [6.45, 7) is 13.0. The molecule has 3 heterocycles. The fourth-order valence-electron chi connectivity index (χ4n) is 6.71. The van der Waals surface area contributed by atoms with Crippen LogP contribution in [-0.2, 0) is 23.9 Å². The van der Waals surface area contributed by atoms with Gasteiger partial charge in [-0.05, 0) is 49.9 Å². The Kier molecular flexibility index (Phi) is 7.72. The lowest BCUT2D eigenvalue weighted by Crippen LogP contribution is -2.59. The maximum absolute atomic E-state index is 14.5. The quantitative estimate of drug-likeness (QED) is 0.349. The monoisotopic (exact) mass is 526 g/mol. The summed E-state index contributed by atoms with van der Waals surface area (Å²) in [6.07, 6.45) is 3.94. The van der Waals surface area contributed by atoms with Gasteiger partial charge in [-0.2, -0.15) is 0 Å². The average molecular weight is 527 g/mol. The van der Waals surface area contributed by atoms with E-state index >= 15 is 0 Å². The Bertz CT molecular complexity index is 1100. The fourth-order valence-corrected chi connectivity index (χ4v) is 6.71. The number of hydrogen-bond donors (Lipinski definition) is 1. The van der Waals surface area contributed by atoms with Gasteiger partial charge in [0.2, 0.25) is 5.91 Å². The van der Waals surface area contributed by atoms with Gasteiger partial charge >= 0.3 is 5.97 Å². The summed E-state index contributed by atoms with van der Waals surface area (Å²) in [7, 11) is 1.56. The van der Waals surface area contributed by atoms with Gasteiger partial charge in [-0.15, -0.1) is 6.58 Å². The van der Waals surface area contributed by atoms with Crippen LogP contribution in [0, 0.1) is 17.8 Å². The molecule has 7 atom stereocenters. The van der Waals surface area contributed by atoms with Crippen molar-refractivity contribution in [1.29, 1.82) is 0 Å². The zero-order valence-corrected chi connectivity index (χ0v) is 22.6. The number of anilines is 1. The summed E-state index contributed by atoms with van der Waals surface area (Å²) in [5.41, 5.74) is -1.61. The van der Waals surface area contributed by atoms with E-state index in [1.54, 1.807) is 42.4 Å². The van der Waals surface area contributed by atoms with Gasteiger partial charge in [-0.25, -0.2) is 0 Å². The van der Waals surface area contributed by atoms with Gasteiger partial charge in [0, 0.05) is 12.2 Å². The number of nitrogens with zero attached hydrogens (tertiary/aromatic N) is 2. The van der Waals surface area contributed by atoms with Crippen LogP contribution in [0.25, 0.3) is 0 Å². The van der Waals surface area contributed by atoms with Gasteiger partial charge in [-0.3, -0.25) is 14.4 Å². The molecule has 1 aromatic rings. The standard InChI is InChI=1S/C29H38N2O7/c1-7-14-30(20-10-12-21(36-6)13-11-20)26(34)24-29-16-18(4)28(5,38-29)23(27(35)37-15-8-2)22(29)25(33)31(24)19(9-3)17-32/h7-8,10-13,18-19,22-24,32H,1-2,9,14-17H2,3-6H3/t18?,19-,22-,23+,24?,28-,29?/m0/s1. The third kappa shape index (κ3) is 4.03. The second-order valence-electron chi connectivity index (χ2n) is 10.5. The number of esters is 1. The first-order chi connectivity index (χ1) is 18.1. The molecule has 0 saturated carbocycles. The van der Waals surface area contributed by atoms with Crippen LogP contribution in [0.2, 0.25) is 0 Å². The highest BCUT2D eigenvalue weighted by Crippen LogP contribution is 2.65. The number of hydrogen-bond acceptors (Lipinski definition) is 7. The molecule has 0 aliphatic carbocycles. The lowest BCUT2D eigenvalue weighted by molar-refractivity contribution is -0.161. The second-order valence-corrected chi connectivity index (χ2v) is 10.5. The van der Waals surface area contributed by atoms with E-state index in [0.717, 1.165) is 0 Å². The van der Waals surface area contributed by atoms with Crippen LogP contribution in [0.1, 0.15) is 33.6 Å². The minimum atomic E-state index is -1.24. The van der Waals surface area contributed by atoms with Crippen LogP contribution in [0.5, 0.6) is 5.75 Å². The van der Waals surface area contributed by atoms with Gasteiger partial charge in [-0.1, -0.05) is 32.6 Å². The van der Waals surface area contributed by atoms with E-state index in [2.05, 4.69) is 13.2 Å². The number of aliphatic hydroxyl groups is 1. The smallest absolute Gasteiger partial charge is 0.313 e. The Morgan fingerprint density at radius 2 is 1.97 bits per heavy atom. The van der Waals surface area contributed by atoms with Crippen molar-refractivity contribution in [3.63, 3.8) is 0 Å². The van der Waals surface area contributed by atoms with Crippen molar-refractivity contribution >= 4 is 23.5 Å². The van der Waals surface area contributed by atoms with Crippen molar-refractivity contribution in [3.05, 3.63) is 49.6 Å². The number of benzene rings is 1. The maximum atomic E-state index is 14.5. The summed E-state index contributed by atoms with van der Waals surface area (Å²) in [6, 6.07) is 5.39. The molecule has 9 heteroatoms. The molecule has 9 nitrogen and oxygen atoms in total. The molecule has 38 heavy (non-hydrogen) atoms. The van der Waals surface area contributed by atoms with Crippen molar-refractivity contribution in [2.75, 3.05) is 31.8 Å². The molecule has 206 valence electrons. The maximum Gasteiger partial charge on any atom is 0.313 e. The second kappa shape index (κ2) is 10.5. The van der Waals surface area contributed by atoms with E-state index in [9.17, 15) is 19.5 Å². The zero-order valence-electron chi connectivity index (χ0n) is 22.6. The third-order valence-electron chi connectivity index (χ3n) is 8.62. The van der Waals surface area contributed by atoms with E-state index in [-0.39, 0.29) is 37.5 Å². The highest BCUT2D eigenvalue weighted by Gasteiger charge is 2.80. The van der Waals surface area contributed by atoms with Gasteiger partial charge in [0.25, 0.3) is 5.91 Å². The molecule has 3 unspecified atom stereocenters. The highest BCUT2D eigenvalue weighted by atomic mass is 16.6.